The molecule has 0 saturated carbocycles. The third kappa shape index (κ3) is 3.46. The van der Waals surface area contributed by atoms with Crippen LogP contribution in [0.5, 0.6) is 0 Å². The molecule has 82 valence electrons. The summed E-state index contributed by atoms with van der Waals surface area (Å²) in [6, 6.07) is 9.22. The summed E-state index contributed by atoms with van der Waals surface area (Å²) in [5.74, 6) is -0.550. The Kier molecular flexibility index (Phi) is 3.61. The van der Waals surface area contributed by atoms with Crippen LogP contribution >= 0.6 is 0 Å². The van der Waals surface area contributed by atoms with Crippen molar-refractivity contribution in [3.8, 4) is 0 Å². The van der Waals surface area contributed by atoms with Crippen LogP contribution in [0.25, 0.3) is 0 Å². The van der Waals surface area contributed by atoms with Gasteiger partial charge in [-0.15, -0.1) is 0 Å². The molecule has 0 radical (unpaired) electrons. The molecule has 15 heavy (non-hydrogen) atoms. The maximum Gasteiger partial charge on any atom is 0.192 e. The molecule has 3 nitrogen and oxygen atoms in total. The highest BCUT2D eigenvalue weighted by atomic mass is 16.3. The first-order valence-electron chi connectivity index (χ1n) is 4.90. The zero-order valence-electron chi connectivity index (χ0n) is 8.97. The van der Waals surface area contributed by atoms with E-state index in [0.717, 1.165) is 5.56 Å². The average molecular weight is 208 g/mol. The minimum Gasteiger partial charge on any atom is -0.385 e. The minimum atomic E-state index is -1.48. The lowest BCUT2D eigenvalue weighted by Gasteiger charge is -2.19. The fraction of sp³-hybridized carbons (Fsp3) is 0.417. The Labute approximate surface area is 89.4 Å². The van der Waals surface area contributed by atoms with Crippen molar-refractivity contribution >= 4 is 5.78 Å². The van der Waals surface area contributed by atoms with E-state index in [2.05, 4.69) is 0 Å². The van der Waals surface area contributed by atoms with Crippen LogP contribution in [0.4, 0.5) is 0 Å². The first kappa shape index (κ1) is 11.9. The maximum absolute atomic E-state index is 11.5. The van der Waals surface area contributed by atoms with Crippen LogP contribution in [0.3, 0.4) is 0 Å². The molecule has 0 aliphatic rings. The van der Waals surface area contributed by atoms with Gasteiger partial charge in [-0.1, -0.05) is 30.3 Å². The number of ketones is 1. The Morgan fingerprint density at radius 2 is 1.87 bits per heavy atom. The number of hydrogen-bond acceptors (Lipinski definition) is 3. The Balaban J connectivity index is 2.65. The van der Waals surface area contributed by atoms with Crippen LogP contribution in [0.1, 0.15) is 19.4 Å². The number of carbonyl (C=O) groups is 1. The van der Waals surface area contributed by atoms with Crippen LogP contribution in [0.15, 0.2) is 30.3 Å². The van der Waals surface area contributed by atoms with Crippen molar-refractivity contribution in [3.05, 3.63) is 35.9 Å². The predicted molar refractivity (Wildman–Crippen MR) is 57.5 cm³/mol. The van der Waals surface area contributed by atoms with Crippen molar-refractivity contribution in [2.75, 3.05) is 0 Å². The van der Waals surface area contributed by atoms with Gasteiger partial charge in [-0.05, 0) is 19.4 Å². The Bertz CT molecular complexity index is 324. The van der Waals surface area contributed by atoms with Gasteiger partial charge in [-0.25, -0.2) is 0 Å². The summed E-state index contributed by atoms with van der Waals surface area (Å²) < 4.78 is 0. The summed E-state index contributed by atoms with van der Waals surface area (Å²) in [5, 5.41) is 19.0. The molecule has 1 aromatic rings. The van der Waals surface area contributed by atoms with Crippen molar-refractivity contribution in [1.29, 1.82) is 0 Å². The van der Waals surface area contributed by atoms with E-state index in [4.69, 9.17) is 0 Å². The lowest BCUT2D eigenvalue weighted by atomic mass is 9.95. The van der Waals surface area contributed by atoms with Gasteiger partial charge >= 0.3 is 0 Å². The number of rotatable bonds is 4. The largest absolute Gasteiger partial charge is 0.385 e. The fourth-order valence-electron chi connectivity index (χ4n) is 1.34. The van der Waals surface area contributed by atoms with E-state index < -0.39 is 17.5 Å². The lowest BCUT2D eigenvalue weighted by molar-refractivity contribution is -0.142. The highest BCUT2D eigenvalue weighted by Gasteiger charge is 2.30. The minimum absolute atomic E-state index is 0.240. The molecule has 0 aliphatic carbocycles. The molecule has 1 rings (SSSR count). The molecule has 0 aliphatic heterocycles. The van der Waals surface area contributed by atoms with Gasteiger partial charge in [0.2, 0.25) is 0 Å². The Hall–Kier alpha value is -1.19. The van der Waals surface area contributed by atoms with Gasteiger partial charge in [0.15, 0.2) is 5.78 Å². The van der Waals surface area contributed by atoms with E-state index in [1.807, 2.05) is 30.3 Å². The van der Waals surface area contributed by atoms with Crippen LogP contribution in [-0.4, -0.2) is 27.7 Å². The monoisotopic (exact) mass is 208 g/mol. The summed E-state index contributed by atoms with van der Waals surface area (Å²) in [6.45, 7) is 2.76. The molecule has 0 amide bonds. The van der Waals surface area contributed by atoms with E-state index >= 15 is 0 Å². The van der Waals surface area contributed by atoms with Crippen molar-refractivity contribution in [1.82, 2.24) is 0 Å². The molecule has 1 atom stereocenters. The Morgan fingerprint density at radius 1 is 1.33 bits per heavy atom. The predicted octanol–water partition coefficient (Wildman–Crippen LogP) is 0.930. The molecule has 0 spiro atoms. The third-order valence-electron chi connectivity index (χ3n) is 2.18. The normalized spacial score (nSPS) is 13.6. The summed E-state index contributed by atoms with van der Waals surface area (Å²) >= 11 is 0. The quantitative estimate of drug-likeness (QED) is 0.774. The fourth-order valence-corrected chi connectivity index (χ4v) is 1.34. The Morgan fingerprint density at radius 3 is 2.33 bits per heavy atom. The maximum atomic E-state index is 11.5. The molecule has 0 fully saturated rings. The average Bonchev–Trinajstić information content (AvgIpc) is 2.16. The van der Waals surface area contributed by atoms with E-state index in [9.17, 15) is 15.0 Å². The standard InChI is InChI=1S/C12H16O3/c1-12(2,15)11(14)10(13)8-9-6-4-3-5-7-9/h3-7,10,13,15H,8H2,1-2H3/t10-/m0/s1. The zero-order chi connectivity index (χ0) is 11.5. The lowest BCUT2D eigenvalue weighted by Crippen LogP contribution is -2.40. The smallest absolute Gasteiger partial charge is 0.192 e. The second kappa shape index (κ2) is 4.55. The van der Waals surface area contributed by atoms with E-state index in [1.165, 1.54) is 13.8 Å². The summed E-state index contributed by atoms with van der Waals surface area (Å²) in [4.78, 5) is 11.5. The van der Waals surface area contributed by atoms with E-state index in [1.54, 1.807) is 0 Å². The highest BCUT2D eigenvalue weighted by Crippen LogP contribution is 2.10. The molecular formula is C12H16O3. The van der Waals surface area contributed by atoms with E-state index in [-0.39, 0.29) is 6.42 Å². The number of benzene rings is 1. The zero-order valence-corrected chi connectivity index (χ0v) is 8.97. The van der Waals surface area contributed by atoms with Crippen LogP contribution < -0.4 is 0 Å². The number of aliphatic hydroxyl groups is 2. The first-order valence-corrected chi connectivity index (χ1v) is 4.90. The molecule has 1 aromatic carbocycles. The molecule has 2 N–H and O–H groups in total. The number of Topliss-reactive ketones (excluding diaryl/α,β-unsaturated/α-hetero) is 1. The van der Waals surface area contributed by atoms with Crippen molar-refractivity contribution in [2.24, 2.45) is 0 Å². The van der Waals surface area contributed by atoms with Gasteiger partial charge in [-0.2, -0.15) is 0 Å². The van der Waals surface area contributed by atoms with Gasteiger partial charge in [0.05, 0.1) is 0 Å². The molecule has 0 aromatic heterocycles. The number of aliphatic hydroxyl groups excluding tert-OH is 1. The van der Waals surface area contributed by atoms with Gasteiger partial charge in [-0.3, -0.25) is 4.79 Å². The summed E-state index contributed by atoms with van der Waals surface area (Å²) in [6.07, 6.45) is -0.906. The highest BCUT2D eigenvalue weighted by molar-refractivity contribution is 5.90. The SMILES string of the molecule is CC(C)(O)C(=O)[C@@H](O)Cc1ccccc1. The van der Waals surface area contributed by atoms with Crippen molar-refractivity contribution in [2.45, 2.75) is 32.0 Å². The molecular weight excluding hydrogens is 192 g/mol. The van der Waals surface area contributed by atoms with Gasteiger partial charge in [0.25, 0.3) is 0 Å². The number of carbonyl (C=O) groups excluding carboxylic acids is 1. The van der Waals surface area contributed by atoms with Gasteiger partial charge in [0, 0.05) is 6.42 Å². The summed E-state index contributed by atoms with van der Waals surface area (Å²) in [7, 11) is 0. The molecule has 0 heterocycles. The van der Waals surface area contributed by atoms with Gasteiger partial charge < -0.3 is 10.2 Å². The molecule has 3 heteroatoms. The molecule has 0 saturated heterocycles. The van der Waals surface area contributed by atoms with Crippen molar-refractivity contribution in [3.63, 3.8) is 0 Å². The van der Waals surface area contributed by atoms with E-state index in [0.29, 0.717) is 0 Å². The topological polar surface area (TPSA) is 57.5 Å². The molecule has 0 bridgehead atoms. The van der Waals surface area contributed by atoms with Crippen LogP contribution in [0, 0.1) is 0 Å². The molecule has 0 unspecified atom stereocenters. The summed E-state index contributed by atoms with van der Waals surface area (Å²) in [5.41, 5.74) is -0.601. The van der Waals surface area contributed by atoms with Crippen molar-refractivity contribution < 1.29 is 15.0 Å². The van der Waals surface area contributed by atoms with Crippen LogP contribution in [-0.2, 0) is 11.2 Å². The second-order valence-electron chi connectivity index (χ2n) is 4.13. The third-order valence-corrected chi connectivity index (χ3v) is 2.18. The number of hydrogen-bond donors (Lipinski definition) is 2. The first-order chi connectivity index (χ1) is 6.91. The van der Waals surface area contributed by atoms with Gasteiger partial charge in [0.1, 0.15) is 11.7 Å². The van der Waals surface area contributed by atoms with Crippen LogP contribution in [0.2, 0.25) is 0 Å². The second-order valence-corrected chi connectivity index (χ2v) is 4.13.